The Hall–Kier alpha value is -2.31. The van der Waals surface area contributed by atoms with Crippen LogP contribution in [0, 0.1) is 5.82 Å². The summed E-state index contributed by atoms with van der Waals surface area (Å²) in [4.78, 5) is 12.1. The number of aldehydes is 1. The number of halogens is 1. The lowest BCUT2D eigenvalue weighted by atomic mass is 9.85. The van der Waals surface area contributed by atoms with Crippen LogP contribution in [-0.4, -0.2) is 33.7 Å². The maximum absolute atomic E-state index is 13.7. The van der Waals surface area contributed by atoms with Crippen LogP contribution in [0.3, 0.4) is 0 Å². The van der Waals surface area contributed by atoms with Crippen LogP contribution in [0.2, 0.25) is 0 Å². The Bertz CT molecular complexity index is 942. The molecule has 0 aliphatic rings. The molecule has 138 valence electrons. The van der Waals surface area contributed by atoms with E-state index in [0.717, 1.165) is 6.26 Å². The van der Waals surface area contributed by atoms with Crippen molar-refractivity contribution in [2.24, 2.45) is 0 Å². The van der Waals surface area contributed by atoms with Crippen molar-refractivity contribution >= 4 is 27.3 Å². The van der Waals surface area contributed by atoms with Gasteiger partial charge in [0.2, 0.25) is 0 Å². The van der Waals surface area contributed by atoms with E-state index in [1.165, 1.54) is 37.4 Å². The smallest absolute Gasteiger partial charge is 0.175 e. The van der Waals surface area contributed by atoms with Crippen LogP contribution in [0.4, 0.5) is 4.39 Å². The number of hydrogen-bond acceptors (Lipinski definition) is 4. The summed E-state index contributed by atoms with van der Waals surface area (Å²) in [5.41, 5.74) is 1.00. The van der Waals surface area contributed by atoms with Crippen LogP contribution in [0.15, 0.2) is 53.4 Å². The lowest BCUT2D eigenvalue weighted by Crippen LogP contribution is -2.26. The lowest BCUT2D eigenvalue weighted by Gasteiger charge is -2.29. The van der Waals surface area contributed by atoms with E-state index in [9.17, 15) is 17.6 Å². The molecule has 0 saturated carbocycles. The summed E-state index contributed by atoms with van der Waals surface area (Å²) in [5, 5.41) is 0. The normalized spacial score (nSPS) is 13.3. The van der Waals surface area contributed by atoms with E-state index < -0.39 is 21.3 Å². The summed E-state index contributed by atoms with van der Waals surface area (Å²) in [5.74, 6) is -0.455. The lowest BCUT2D eigenvalue weighted by molar-refractivity contribution is -0.103. The number of rotatable bonds is 6. The number of sulfone groups is 1. The molecule has 2 rings (SSSR count). The Balaban J connectivity index is 2.76. The molecule has 2 aromatic rings. The summed E-state index contributed by atoms with van der Waals surface area (Å²) in [7, 11) is -1.82. The molecule has 0 saturated heterocycles. The van der Waals surface area contributed by atoms with E-state index in [4.69, 9.17) is 4.74 Å². The van der Waals surface area contributed by atoms with Crippen molar-refractivity contribution in [1.82, 2.24) is 0 Å². The van der Waals surface area contributed by atoms with Gasteiger partial charge in [-0.1, -0.05) is 24.3 Å². The highest BCUT2D eigenvalue weighted by Gasteiger charge is 2.28. The Morgan fingerprint density at radius 1 is 1.08 bits per heavy atom. The number of carbonyl (C=O) groups is 1. The Morgan fingerprint density at radius 2 is 1.69 bits per heavy atom. The summed E-state index contributed by atoms with van der Waals surface area (Å²) in [6.07, 6.45) is 1.79. The Morgan fingerprint density at radius 3 is 2.15 bits per heavy atom. The monoisotopic (exact) mass is 376 g/mol. The van der Waals surface area contributed by atoms with Crippen molar-refractivity contribution in [3.8, 4) is 0 Å². The highest BCUT2D eigenvalue weighted by atomic mass is 32.2. The second kappa shape index (κ2) is 7.51. The number of carbonyl (C=O) groups excluding carboxylic acids is 1. The third kappa shape index (κ3) is 4.26. The molecule has 0 N–H and O–H groups in total. The third-order valence-electron chi connectivity index (χ3n) is 4.21. The molecule has 0 aliphatic heterocycles. The van der Waals surface area contributed by atoms with Gasteiger partial charge >= 0.3 is 0 Å². The molecule has 0 spiro atoms. The molecule has 0 aromatic heterocycles. The highest BCUT2D eigenvalue weighted by molar-refractivity contribution is 7.90. The molecular formula is C20H21FO4S. The number of allylic oxidation sites excluding steroid dienone is 1. The molecule has 0 atom stereocenters. The highest BCUT2D eigenvalue weighted by Crippen LogP contribution is 2.36. The van der Waals surface area contributed by atoms with Gasteiger partial charge in [0.05, 0.1) is 10.5 Å². The van der Waals surface area contributed by atoms with Crippen LogP contribution < -0.4 is 0 Å². The SMILES string of the molecule is COC(C)(C)C(=C(C=O)c1cccc(F)c1)c1ccc(S(C)(=O)=O)cc1. The maximum Gasteiger partial charge on any atom is 0.175 e. The van der Waals surface area contributed by atoms with Crippen molar-refractivity contribution in [2.75, 3.05) is 13.4 Å². The van der Waals surface area contributed by atoms with Crippen LogP contribution >= 0.6 is 0 Å². The zero-order valence-electron chi connectivity index (χ0n) is 15.1. The van der Waals surface area contributed by atoms with Gasteiger partial charge in [-0.3, -0.25) is 4.79 Å². The largest absolute Gasteiger partial charge is 0.374 e. The minimum absolute atomic E-state index is 0.175. The van der Waals surface area contributed by atoms with Gasteiger partial charge < -0.3 is 4.74 Å². The van der Waals surface area contributed by atoms with Gasteiger partial charge in [-0.2, -0.15) is 0 Å². The summed E-state index contributed by atoms with van der Waals surface area (Å²) in [6, 6.07) is 11.9. The molecule has 6 heteroatoms. The molecule has 0 bridgehead atoms. The summed E-state index contributed by atoms with van der Waals surface area (Å²) in [6.45, 7) is 3.57. The number of benzene rings is 2. The minimum atomic E-state index is -3.34. The quantitative estimate of drug-likeness (QED) is 0.437. The predicted molar refractivity (Wildman–Crippen MR) is 99.9 cm³/mol. The van der Waals surface area contributed by atoms with Crippen molar-refractivity contribution < 1.29 is 22.3 Å². The first-order valence-corrected chi connectivity index (χ1v) is 9.81. The zero-order chi connectivity index (χ0) is 19.5. The van der Waals surface area contributed by atoms with Gasteiger partial charge in [0.1, 0.15) is 5.82 Å². The first kappa shape index (κ1) is 20.0. The Kier molecular flexibility index (Phi) is 5.78. The fourth-order valence-corrected chi connectivity index (χ4v) is 3.36. The van der Waals surface area contributed by atoms with Crippen LogP contribution in [0.25, 0.3) is 11.1 Å². The molecule has 26 heavy (non-hydrogen) atoms. The van der Waals surface area contributed by atoms with E-state index in [1.54, 1.807) is 32.0 Å². The predicted octanol–water partition coefficient (Wildman–Crippen LogP) is 3.76. The summed E-state index contributed by atoms with van der Waals surface area (Å²) >= 11 is 0. The molecule has 0 aliphatic carbocycles. The van der Waals surface area contributed by atoms with E-state index in [-0.39, 0.29) is 10.5 Å². The summed E-state index contributed by atoms with van der Waals surface area (Å²) < 4.78 is 42.6. The number of methoxy groups -OCH3 is 1. The van der Waals surface area contributed by atoms with Gasteiger partial charge in [-0.25, -0.2) is 12.8 Å². The van der Waals surface area contributed by atoms with Crippen molar-refractivity contribution in [2.45, 2.75) is 24.3 Å². The van der Waals surface area contributed by atoms with Gasteiger partial charge in [0, 0.05) is 24.5 Å². The van der Waals surface area contributed by atoms with E-state index in [1.807, 2.05) is 0 Å². The van der Waals surface area contributed by atoms with E-state index in [2.05, 4.69) is 0 Å². The standard InChI is InChI=1S/C20H21FO4S/c1-20(2,25-3)19(14-8-10-17(11-9-14)26(4,23)24)18(13-22)15-6-5-7-16(21)12-15/h5-13H,1-4H3. The molecular weight excluding hydrogens is 355 g/mol. The van der Waals surface area contributed by atoms with Gasteiger partial charge in [0.15, 0.2) is 16.1 Å². The molecule has 0 radical (unpaired) electrons. The van der Waals surface area contributed by atoms with E-state index in [0.29, 0.717) is 23.0 Å². The van der Waals surface area contributed by atoms with Crippen molar-refractivity contribution in [3.63, 3.8) is 0 Å². The average molecular weight is 376 g/mol. The van der Waals surface area contributed by atoms with Crippen LogP contribution in [0.1, 0.15) is 25.0 Å². The van der Waals surface area contributed by atoms with Crippen molar-refractivity contribution in [3.05, 3.63) is 65.5 Å². The third-order valence-corrected chi connectivity index (χ3v) is 5.33. The number of ether oxygens (including phenoxy) is 1. The molecule has 0 amide bonds. The van der Waals surface area contributed by atoms with Crippen LogP contribution in [0.5, 0.6) is 0 Å². The van der Waals surface area contributed by atoms with Crippen molar-refractivity contribution in [1.29, 1.82) is 0 Å². The number of hydrogen-bond donors (Lipinski definition) is 0. The minimum Gasteiger partial charge on any atom is -0.374 e. The molecule has 0 heterocycles. The van der Waals surface area contributed by atoms with Crippen LogP contribution in [-0.2, 0) is 19.4 Å². The average Bonchev–Trinajstić information content (AvgIpc) is 2.58. The second-order valence-electron chi connectivity index (χ2n) is 6.43. The van der Waals surface area contributed by atoms with Gasteiger partial charge in [-0.05, 0) is 49.2 Å². The topological polar surface area (TPSA) is 60.4 Å². The van der Waals surface area contributed by atoms with Gasteiger partial charge in [0.25, 0.3) is 0 Å². The van der Waals surface area contributed by atoms with Gasteiger partial charge in [-0.15, -0.1) is 0 Å². The fraction of sp³-hybridized carbons (Fsp3) is 0.250. The first-order valence-electron chi connectivity index (χ1n) is 7.91. The Labute approximate surface area is 153 Å². The molecule has 4 nitrogen and oxygen atoms in total. The second-order valence-corrected chi connectivity index (χ2v) is 8.44. The molecule has 0 unspecified atom stereocenters. The maximum atomic E-state index is 13.7. The zero-order valence-corrected chi connectivity index (χ0v) is 15.9. The molecule has 0 fully saturated rings. The van der Waals surface area contributed by atoms with E-state index >= 15 is 0 Å². The molecule has 2 aromatic carbocycles. The fourth-order valence-electron chi connectivity index (χ4n) is 2.73. The first-order chi connectivity index (χ1) is 12.1.